The SMILES string of the molecule is Cc1c(C#N)[te]c2ccccc12. The molecule has 0 saturated carbocycles. The van der Waals surface area contributed by atoms with Crippen LogP contribution < -0.4 is 0 Å². The third-order valence-electron chi connectivity index (χ3n) is 1.95. The van der Waals surface area contributed by atoms with Crippen LogP contribution in [-0.2, 0) is 0 Å². The predicted molar refractivity (Wildman–Crippen MR) is 50.3 cm³/mol. The summed E-state index contributed by atoms with van der Waals surface area (Å²) in [6.45, 7) is 2.05. The van der Waals surface area contributed by atoms with Crippen LogP contribution in [-0.4, -0.2) is 20.4 Å². The standard InChI is InChI=1S/C10H7NTe/c1-7-8-4-2-3-5-9(8)12-10(7)6-11/h2-5H,1H3. The van der Waals surface area contributed by atoms with E-state index in [2.05, 4.69) is 31.2 Å². The molecule has 12 heavy (non-hydrogen) atoms. The van der Waals surface area contributed by atoms with Gasteiger partial charge in [-0.3, -0.25) is 0 Å². The van der Waals surface area contributed by atoms with Gasteiger partial charge in [0.2, 0.25) is 0 Å². The van der Waals surface area contributed by atoms with Crippen LogP contribution in [0.25, 0.3) is 8.79 Å². The summed E-state index contributed by atoms with van der Waals surface area (Å²) in [5.41, 5.74) is 1.20. The average Bonchev–Trinajstić information content (AvgIpc) is 2.44. The molecule has 0 aliphatic heterocycles. The molecule has 2 heteroatoms. The van der Waals surface area contributed by atoms with Crippen molar-refractivity contribution < 1.29 is 0 Å². The van der Waals surface area contributed by atoms with Gasteiger partial charge in [-0.05, 0) is 0 Å². The second-order valence-corrected chi connectivity index (χ2v) is 5.67. The number of hydrogen-bond donors (Lipinski definition) is 0. The summed E-state index contributed by atoms with van der Waals surface area (Å²) in [6, 6.07) is 10.6. The second-order valence-electron chi connectivity index (χ2n) is 2.66. The first kappa shape index (κ1) is 7.87. The summed E-state index contributed by atoms with van der Waals surface area (Å²) in [5, 5.41) is 10.1. The first-order valence-corrected chi connectivity index (χ1v) is 6.04. The molecule has 2 aromatic rings. The summed E-state index contributed by atoms with van der Waals surface area (Å²) >= 11 is -0.344. The summed E-state index contributed by atoms with van der Waals surface area (Å²) in [7, 11) is 0. The molecule has 0 fully saturated rings. The maximum atomic E-state index is 8.83. The molecule has 0 saturated heterocycles. The van der Waals surface area contributed by atoms with Gasteiger partial charge in [0, 0.05) is 0 Å². The van der Waals surface area contributed by atoms with Crippen LogP contribution in [0.2, 0.25) is 0 Å². The third-order valence-corrected chi connectivity index (χ3v) is 5.31. The van der Waals surface area contributed by atoms with Crippen molar-refractivity contribution in [1.29, 1.82) is 5.26 Å². The fourth-order valence-corrected chi connectivity index (χ4v) is 4.15. The van der Waals surface area contributed by atoms with Crippen LogP contribution in [0.4, 0.5) is 0 Å². The van der Waals surface area contributed by atoms with Gasteiger partial charge in [-0.1, -0.05) is 0 Å². The van der Waals surface area contributed by atoms with Gasteiger partial charge in [0.05, 0.1) is 0 Å². The van der Waals surface area contributed by atoms with Crippen molar-refractivity contribution in [3.8, 4) is 6.07 Å². The maximum absolute atomic E-state index is 8.83. The van der Waals surface area contributed by atoms with Crippen LogP contribution in [0.1, 0.15) is 9.14 Å². The molecule has 0 N–H and O–H groups in total. The number of fused-ring (bicyclic) bond motifs is 1. The zero-order valence-corrected chi connectivity index (χ0v) is 9.00. The zero-order valence-electron chi connectivity index (χ0n) is 6.66. The fourth-order valence-electron chi connectivity index (χ4n) is 1.28. The molecule has 0 amide bonds. The molecule has 1 heterocycles. The Bertz CT molecular complexity index is 462. The molecule has 0 aliphatic carbocycles. The van der Waals surface area contributed by atoms with Gasteiger partial charge in [-0.15, -0.1) is 0 Å². The molecule has 0 unspecified atom stereocenters. The van der Waals surface area contributed by atoms with Gasteiger partial charge in [0.1, 0.15) is 0 Å². The summed E-state index contributed by atoms with van der Waals surface area (Å²) in [5.74, 6) is 0. The van der Waals surface area contributed by atoms with Gasteiger partial charge in [0.15, 0.2) is 0 Å². The third kappa shape index (κ3) is 1.07. The van der Waals surface area contributed by atoms with E-state index in [-0.39, 0.29) is 20.4 Å². The van der Waals surface area contributed by atoms with Gasteiger partial charge >= 0.3 is 80.9 Å². The van der Waals surface area contributed by atoms with Crippen LogP contribution >= 0.6 is 0 Å². The van der Waals surface area contributed by atoms with Crippen molar-refractivity contribution in [3.63, 3.8) is 0 Å². The number of nitriles is 1. The Hall–Kier alpha value is -0.760. The normalized spacial score (nSPS) is 10.0. The van der Waals surface area contributed by atoms with Crippen LogP contribution in [0.3, 0.4) is 0 Å². The zero-order chi connectivity index (χ0) is 8.55. The number of nitrogens with zero attached hydrogens (tertiary/aromatic N) is 1. The molecule has 58 valence electrons. The molecule has 1 aromatic heterocycles. The molecule has 1 aromatic carbocycles. The van der Waals surface area contributed by atoms with Crippen molar-refractivity contribution in [2.24, 2.45) is 0 Å². The topological polar surface area (TPSA) is 23.8 Å². The fraction of sp³-hybridized carbons (Fsp3) is 0.100. The molecule has 1 nitrogen and oxygen atoms in total. The quantitative estimate of drug-likeness (QED) is 0.671. The van der Waals surface area contributed by atoms with E-state index in [1.165, 1.54) is 14.4 Å². The van der Waals surface area contributed by atoms with E-state index < -0.39 is 0 Å². The Balaban J connectivity index is 2.90. The second kappa shape index (κ2) is 2.94. The minimum atomic E-state index is -0.344. The van der Waals surface area contributed by atoms with E-state index >= 15 is 0 Å². The summed E-state index contributed by atoms with van der Waals surface area (Å²) in [6.07, 6.45) is 0. The van der Waals surface area contributed by atoms with Crippen molar-refractivity contribution in [2.75, 3.05) is 0 Å². The van der Waals surface area contributed by atoms with E-state index in [9.17, 15) is 0 Å². The molecular formula is C10H7NTe. The first-order valence-electron chi connectivity index (χ1n) is 3.71. The molecule has 0 atom stereocenters. The molecule has 0 aliphatic rings. The molecule has 0 radical (unpaired) electrons. The van der Waals surface area contributed by atoms with E-state index in [0.717, 1.165) is 3.58 Å². The minimum absolute atomic E-state index is 0.344. The van der Waals surface area contributed by atoms with Gasteiger partial charge in [-0.25, -0.2) is 0 Å². The number of hydrogen-bond acceptors (Lipinski definition) is 1. The molecular weight excluding hydrogens is 262 g/mol. The Morgan fingerprint density at radius 3 is 2.75 bits per heavy atom. The summed E-state index contributed by atoms with van der Waals surface area (Å²) in [4.78, 5) is 0. The first-order chi connectivity index (χ1) is 5.83. The summed E-state index contributed by atoms with van der Waals surface area (Å²) < 4.78 is 2.46. The average molecular weight is 269 g/mol. The Morgan fingerprint density at radius 2 is 2.08 bits per heavy atom. The molecule has 0 spiro atoms. The van der Waals surface area contributed by atoms with Crippen molar-refractivity contribution in [2.45, 2.75) is 6.92 Å². The van der Waals surface area contributed by atoms with Crippen molar-refractivity contribution >= 4 is 29.2 Å². The van der Waals surface area contributed by atoms with Crippen molar-refractivity contribution in [1.82, 2.24) is 0 Å². The molecule has 2 rings (SSSR count). The van der Waals surface area contributed by atoms with E-state index in [4.69, 9.17) is 5.26 Å². The number of benzene rings is 1. The Labute approximate surface area is 80.9 Å². The monoisotopic (exact) mass is 271 g/mol. The number of aryl methyl sites for hydroxylation is 1. The van der Waals surface area contributed by atoms with E-state index in [1.54, 1.807) is 0 Å². The molecule has 0 bridgehead atoms. The number of rotatable bonds is 0. The van der Waals surface area contributed by atoms with E-state index in [0.29, 0.717) is 0 Å². The predicted octanol–water partition coefficient (Wildman–Crippen LogP) is 2.08. The van der Waals surface area contributed by atoms with Crippen LogP contribution in [0.15, 0.2) is 24.3 Å². The van der Waals surface area contributed by atoms with Gasteiger partial charge < -0.3 is 0 Å². The Kier molecular flexibility index (Phi) is 1.93. The van der Waals surface area contributed by atoms with Crippen LogP contribution in [0, 0.1) is 18.3 Å². The van der Waals surface area contributed by atoms with Crippen LogP contribution in [0.5, 0.6) is 0 Å². The van der Waals surface area contributed by atoms with E-state index in [1.807, 2.05) is 6.07 Å². The van der Waals surface area contributed by atoms with Crippen molar-refractivity contribution in [3.05, 3.63) is 33.4 Å². The van der Waals surface area contributed by atoms with Gasteiger partial charge in [0.25, 0.3) is 0 Å². The van der Waals surface area contributed by atoms with Gasteiger partial charge in [-0.2, -0.15) is 0 Å². The Morgan fingerprint density at radius 1 is 1.33 bits per heavy atom.